The van der Waals surface area contributed by atoms with Gasteiger partial charge in [-0.2, -0.15) is 0 Å². The highest BCUT2D eigenvalue weighted by molar-refractivity contribution is 6.02. The number of carbonyl (C=O) groups excluding carboxylic acids is 1. The third-order valence-corrected chi connectivity index (χ3v) is 3.57. The molecule has 2 N–H and O–H groups in total. The molecule has 0 unspecified atom stereocenters. The lowest BCUT2D eigenvalue weighted by atomic mass is 10.00. The summed E-state index contributed by atoms with van der Waals surface area (Å²) in [5.41, 5.74) is 9.16. The Morgan fingerprint density at radius 2 is 1.90 bits per heavy atom. The average molecular weight is 274 g/mol. The first kappa shape index (κ1) is 14.3. The fourth-order valence-corrected chi connectivity index (χ4v) is 2.93. The highest BCUT2D eigenvalue weighted by Gasteiger charge is 2.23. The molecule has 1 aromatic heterocycles. The summed E-state index contributed by atoms with van der Waals surface area (Å²) >= 11 is 0. The van der Waals surface area contributed by atoms with E-state index in [-0.39, 0.29) is 11.9 Å². The molecule has 3 nitrogen and oxygen atoms in total. The molecule has 1 amide bonds. The van der Waals surface area contributed by atoms with Gasteiger partial charge < -0.3 is 10.3 Å². The fourth-order valence-electron chi connectivity index (χ4n) is 2.93. The molecule has 0 saturated carbocycles. The molecule has 1 heterocycles. The van der Waals surface area contributed by atoms with Crippen molar-refractivity contribution in [2.24, 2.45) is 5.73 Å². The lowest BCUT2D eigenvalue weighted by Gasteiger charge is -2.13. The standard InChI is InChI=1S/C16H19FN2O/c1-9(2)19-10(3)14(15(11(19)4)16(18)20)12-6-5-7-13(17)8-12/h5-9H,1-4H3,(H2,18,20). The second kappa shape index (κ2) is 5.12. The molecule has 0 atom stereocenters. The lowest BCUT2D eigenvalue weighted by molar-refractivity contribution is 0.1000. The number of carbonyl (C=O) groups is 1. The Kier molecular flexibility index (Phi) is 3.66. The van der Waals surface area contributed by atoms with Crippen LogP contribution in [0.1, 0.15) is 41.6 Å². The Bertz CT molecular complexity index is 671. The van der Waals surface area contributed by atoms with Gasteiger partial charge in [0.2, 0.25) is 0 Å². The highest BCUT2D eigenvalue weighted by Crippen LogP contribution is 2.34. The average Bonchev–Trinajstić information content (AvgIpc) is 2.60. The molecule has 0 aliphatic carbocycles. The molecule has 0 aliphatic heterocycles. The summed E-state index contributed by atoms with van der Waals surface area (Å²) in [7, 11) is 0. The van der Waals surface area contributed by atoms with Crippen molar-refractivity contribution >= 4 is 5.91 Å². The summed E-state index contributed by atoms with van der Waals surface area (Å²) in [6.45, 7) is 7.88. The van der Waals surface area contributed by atoms with E-state index in [1.54, 1.807) is 12.1 Å². The van der Waals surface area contributed by atoms with Crippen molar-refractivity contribution < 1.29 is 9.18 Å². The van der Waals surface area contributed by atoms with Gasteiger partial charge in [-0.05, 0) is 45.4 Å². The minimum absolute atomic E-state index is 0.204. The second-order valence-corrected chi connectivity index (χ2v) is 5.26. The van der Waals surface area contributed by atoms with Crippen molar-refractivity contribution in [2.45, 2.75) is 33.7 Å². The molecule has 4 heteroatoms. The molecule has 106 valence electrons. The number of primary amides is 1. The Hall–Kier alpha value is -2.10. The molecule has 0 bridgehead atoms. The maximum absolute atomic E-state index is 13.5. The molecule has 20 heavy (non-hydrogen) atoms. The van der Waals surface area contributed by atoms with Gasteiger partial charge in [0.15, 0.2) is 0 Å². The van der Waals surface area contributed by atoms with Crippen LogP contribution in [0.25, 0.3) is 11.1 Å². The van der Waals surface area contributed by atoms with Crippen LogP contribution < -0.4 is 5.73 Å². The number of benzene rings is 1. The van der Waals surface area contributed by atoms with Crippen LogP contribution in [0.5, 0.6) is 0 Å². The van der Waals surface area contributed by atoms with Crippen LogP contribution in [0.4, 0.5) is 4.39 Å². The summed E-state index contributed by atoms with van der Waals surface area (Å²) < 4.78 is 15.5. The Morgan fingerprint density at radius 3 is 2.40 bits per heavy atom. The van der Waals surface area contributed by atoms with E-state index in [0.29, 0.717) is 11.1 Å². The number of nitrogens with two attached hydrogens (primary N) is 1. The van der Waals surface area contributed by atoms with E-state index in [2.05, 4.69) is 4.57 Å². The van der Waals surface area contributed by atoms with Gasteiger partial charge in [-0.1, -0.05) is 12.1 Å². The van der Waals surface area contributed by atoms with Crippen LogP contribution in [-0.4, -0.2) is 10.5 Å². The van der Waals surface area contributed by atoms with Gasteiger partial charge in [0.1, 0.15) is 5.82 Å². The molecule has 0 aliphatic rings. The molecule has 2 aromatic rings. The number of hydrogen-bond acceptors (Lipinski definition) is 1. The molecule has 0 spiro atoms. The SMILES string of the molecule is Cc1c(C(N)=O)c(-c2cccc(F)c2)c(C)n1C(C)C. The van der Waals surface area contributed by atoms with Gasteiger partial charge >= 0.3 is 0 Å². The van der Waals surface area contributed by atoms with Crippen LogP contribution in [-0.2, 0) is 0 Å². The zero-order valence-corrected chi connectivity index (χ0v) is 12.2. The van der Waals surface area contributed by atoms with Gasteiger partial charge in [0.05, 0.1) is 5.56 Å². The number of aromatic nitrogens is 1. The number of amides is 1. The quantitative estimate of drug-likeness (QED) is 0.913. The smallest absolute Gasteiger partial charge is 0.251 e. The van der Waals surface area contributed by atoms with Crippen LogP contribution >= 0.6 is 0 Å². The van der Waals surface area contributed by atoms with Crippen LogP contribution in [0.15, 0.2) is 24.3 Å². The number of halogens is 1. The third kappa shape index (κ3) is 2.22. The predicted octanol–water partition coefficient (Wildman–Crippen LogP) is 3.59. The first-order valence-electron chi connectivity index (χ1n) is 6.61. The minimum Gasteiger partial charge on any atom is -0.366 e. The molecular weight excluding hydrogens is 255 g/mol. The first-order valence-corrected chi connectivity index (χ1v) is 6.61. The number of nitrogens with zero attached hydrogens (tertiary/aromatic N) is 1. The van der Waals surface area contributed by atoms with E-state index in [9.17, 15) is 9.18 Å². The van der Waals surface area contributed by atoms with E-state index >= 15 is 0 Å². The summed E-state index contributed by atoms with van der Waals surface area (Å²) in [5.74, 6) is -0.809. The third-order valence-electron chi connectivity index (χ3n) is 3.57. The van der Waals surface area contributed by atoms with Gasteiger partial charge in [-0.3, -0.25) is 4.79 Å². The predicted molar refractivity (Wildman–Crippen MR) is 78.2 cm³/mol. The number of hydrogen-bond donors (Lipinski definition) is 1. The molecule has 0 fully saturated rings. The van der Waals surface area contributed by atoms with Gasteiger partial charge in [-0.15, -0.1) is 0 Å². The van der Waals surface area contributed by atoms with Gasteiger partial charge in [0, 0.05) is 23.0 Å². The molecular formula is C16H19FN2O. The Morgan fingerprint density at radius 1 is 1.25 bits per heavy atom. The maximum atomic E-state index is 13.5. The van der Waals surface area contributed by atoms with Crippen molar-refractivity contribution in [3.63, 3.8) is 0 Å². The highest BCUT2D eigenvalue weighted by atomic mass is 19.1. The monoisotopic (exact) mass is 274 g/mol. The van der Waals surface area contributed by atoms with Crippen LogP contribution in [0, 0.1) is 19.7 Å². The normalized spacial score (nSPS) is 11.1. The van der Waals surface area contributed by atoms with Gasteiger partial charge in [-0.25, -0.2) is 4.39 Å². The van der Waals surface area contributed by atoms with Gasteiger partial charge in [0.25, 0.3) is 5.91 Å². The molecule has 2 rings (SSSR count). The van der Waals surface area contributed by atoms with Crippen molar-refractivity contribution in [3.05, 3.63) is 47.0 Å². The van der Waals surface area contributed by atoms with Crippen molar-refractivity contribution in [3.8, 4) is 11.1 Å². The van der Waals surface area contributed by atoms with Crippen LogP contribution in [0.2, 0.25) is 0 Å². The zero-order chi connectivity index (χ0) is 15.0. The molecule has 0 saturated heterocycles. The van der Waals surface area contributed by atoms with E-state index < -0.39 is 5.91 Å². The molecule has 0 radical (unpaired) electrons. The molecule has 1 aromatic carbocycles. The Labute approximate surface area is 118 Å². The van der Waals surface area contributed by atoms with E-state index in [1.807, 2.05) is 27.7 Å². The minimum atomic E-state index is -0.482. The van der Waals surface area contributed by atoms with Crippen molar-refractivity contribution in [1.82, 2.24) is 4.57 Å². The van der Waals surface area contributed by atoms with E-state index in [1.165, 1.54) is 12.1 Å². The topological polar surface area (TPSA) is 48.0 Å². The Balaban J connectivity index is 2.81. The fraction of sp³-hybridized carbons (Fsp3) is 0.312. The summed E-state index contributed by atoms with van der Waals surface area (Å²) in [5, 5.41) is 0. The summed E-state index contributed by atoms with van der Waals surface area (Å²) in [4.78, 5) is 11.8. The van der Waals surface area contributed by atoms with Crippen molar-refractivity contribution in [1.29, 1.82) is 0 Å². The summed E-state index contributed by atoms with van der Waals surface area (Å²) in [6, 6.07) is 6.45. The summed E-state index contributed by atoms with van der Waals surface area (Å²) in [6.07, 6.45) is 0. The lowest BCUT2D eigenvalue weighted by Crippen LogP contribution is -2.14. The van der Waals surface area contributed by atoms with E-state index in [4.69, 9.17) is 5.73 Å². The van der Waals surface area contributed by atoms with Crippen LogP contribution in [0.3, 0.4) is 0 Å². The van der Waals surface area contributed by atoms with Crippen molar-refractivity contribution in [2.75, 3.05) is 0 Å². The largest absolute Gasteiger partial charge is 0.366 e. The first-order chi connectivity index (χ1) is 9.34. The zero-order valence-electron chi connectivity index (χ0n) is 12.2. The number of rotatable bonds is 3. The maximum Gasteiger partial charge on any atom is 0.251 e. The van der Waals surface area contributed by atoms with E-state index in [0.717, 1.165) is 17.0 Å². The second-order valence-electron chi connectivity index (χ2n) is 5.26.